The highest BCUT2D eigenvalue weighted by molar-refractivity contribution is 5.90. The van der Waals surface area contributed by atoms with E-state index in [1.165, 1.54) is 5.71 Å². The largest absolute Gasteiger partial charge is 0.435 e. The summed E-state index contributed by atoms with van der Waals surface area (Å²) in [5, 5.41) is 0. The van der Waals surface area contributed by atoms with Crippen molar-refractivity contribution in [3.8, 4) is 5.75 Å². The molecule has 0 radical (unpaired) electrons. The molecule has 1 aromatic rings. The summed E-state index contributed by atoms with van der Waals surface area (Å²) in [4.78, 5) is 4.64. The number of nitrogens with zero attached hydrogens (tertiary/aromatic N) is 1. The number of benzene rings is 1. The molecule has 0 unspecified atom stereocenters. The van der Waals surface area contributed by atoms with Crippen LogP contribution in [0.15, 0.2) is 35.3 Å². The van der Waals surface area contributed by atoms with E-state index in [2.05, 4.69) is 22.7 Å². The Morgan fingerprint density at radius 2 is 2.00 bits per heavy atom. The molecule has 1 aromatic carbocycles. The van der Waals surface area contributed by atoms with Crippen LogP contribution in [0.25, 0.3) is 5.70 Å². The molecule has 4 heteroatoms. The maximum absolute atomic E-state index is 12.1. The Hall–Kier alpha value is -1.71. The van der Waals surface area contributed by atoms with Crippen molar-refractivity contribution in [2.75, 3.05) is 0 Å². The van der Waals surface area contributed by atoms with Crippen LogP contribution in [-0.4, -0.2) is 12.3 Å². The molecule has 0 aromatic heterocycles. The molecule has 0 bridgehead atoms. The van der Waals surface area contributed by atoms with E-state index in [1.54, 1.807) is 24.3 Å². The van der Waals surface area contributed by atoms with Crippen molar-refractivity contribution in [2.24, 2.45) is 4.99 Å². The molecule has 2 nitrogen and oxygen atoms in total. The summed E-state index contributed by atoms with van der Waals surface area (Å²) >= 11 is 0. The van der Waals surface area contributed by atoms with Gasteiger partial charge < -0.3 is 4.74 Å². The van der Waals surface area contributed by atoms with Gasteiger partial charge >= 0.3 is 6.61 Å². The molecule has 0 saturated carbocycles. The highest BCUT2D eigenvalue weighted by Crippen LogP contribution is 2.24. The number of halogens is 2. The molecular weight excluding hydrogens is 248 g/mol. The first-order chi connectivity index (χ1) is 9.19. The molecule has 0 spiro atoms. The summed E-state index contributed by atoms with van der Waals surface area (Å²) in [6, 6.07) is 6.64. The highest BCUT2D eigenvalue weighted by Gasteiger charge is 2.08. The molecule has 102 valence electrons. The third-order valence-corrected chi connectivity index (χ3v) is 3.07. The van der Waals surface area contributed by atoms with Crippen molar-refractivity contribution in [3.05, 3.63) is 35.9 Å². The van der Waals surface area contributed by atoms with Gasteiger partial charge in [0, 0.05) is 11.3 Å². The van der Waals surface area contributed by atoms with Gasteiger partial charge in [0.15, 0.2) is 0 Å². The van der Waals surface area contributed by atoms with Crippen LogP contribution < -0.4 is 4.74 Å². The minimum Gasteiger partial charge on any atom is -0.435 e. The lowest BCUT2D eigenvalue weighted by molar-refractivity contribution is -0.0498. The molecule has 1 aliphatic heterocycles. The average molecular weight is 265 g/mol. The molecule has 0 fully saturated rings. The van der Waals surface area contributed by atoms with Gasteiger partial charge in [-0.25, -0.2) is 0 Å². The van der Waals surface area contributed by atoms with E-state index in [4.69, 9.17) is 0 Å². The standard InChI is InChI=1S/C15H17F2NO/c1-2-12-5-3-4-6-14(18-12)11-7-9-13(10-8-11)19-15(16)17/h6-10,15H,2-5H2,1H3. The number of rotatable bonds is 4. The van der Waals surface area contributed by atoms with Gasteiger partial charge in [0.1, 0.15) is 5.75 Å². The zero-order valence-electron chi connectivity index (χ0n) is 10.9. The lowest BCUT2D eigenvalue weighted by Gasteiger charge is -2.07. The van der Waals surface area contributed by atoms with Crippen LogP contribution in [0.2, 0.25) is 0 Å². The molecule has 0 N–H and O–H groups in total. The van der Waals surface area contributed by atoms with E-state index in [0.717, 1.165) is 36.9 Å². The summed E-state index contributed by atoms with van der Waals surface area (Å²) in [6.45, 7) is -0.686. The monoisotopic (exact) mass is 265 g/mol. The van der Waals surface area contributed by atoms with Crippen molar-refractivity contribution in [2.45, 2.75) is 39.2 Å². The number of allylic oxidation sites excluding steroid dienone is 1. The van der Waals surface area contributed by atoms with Gasteiger partial charge in [-0.3, -0.25) is 4.99 Å². The van der Waals surface area contributed by atoms with Crippen LogP contribution in [0.3, 0.4) is 0 Å². The first kappa shape index (κ1) is 13.7. The molecule has 0 atom stereocenters. The van der Waals surface area contributed by atoms with Crippen LogP contribution in [0.1, 0.15) is 38.2 Å². The number of hydrogen-bond acceptors (Lipinski definition) is 2. The van der Waals surface area contributed by atoms with Crippen molar-refractivity contribution in [3.63, 3.8) is 0 Å². The second-order valence-electron chi connectivity index (χ2n) is 4.42. The normalized spacial score (nSPS) is 15.8. The molecule has 0 amide bonds. The lowest BCUT2D eigenvalue weighted by Crippen LogP contribution is -2.01. The minimum atomic E-state index is -2.78. The summed E-state index contributed by atoms with van der Waals surface area (Å²) in [7, 11) is 0. The summed E-state index contributed by atoms with van der Waals surface area (Å²) in [5.41, 5.74) is 3.06. The van der Waals surface area contributed by atoms with Crippen molar-refractivity contribution >= 4 is 11.4 Å². The molecule has 2 rings (SSSR count). The second kappa shape index (κ2) is 6.45. The first-order valence-electron chi connectivity index (χ1n) is 6.51. The molecule has 0 saturated heterocycles. The van der Waals surface area contributed by atoms with Gasteiger partial charge in [0.05, 0.1) is 5.70 Å². The van der Waals surface area contributed by atoms with Crippen molar-refractivity contribution in [1.29, 1.82) is 0 Å². The average Bonchev–Trinajstić information content (AvgIpc) is 2.64. The molecular formula is C15H17F2NO. The Morgan fingerprint density at radius 1 is 1.26 bits per heavy atom. The Bertz CT molecular complexity index is 477. The molecule has 19 heavy (non-hydrogen) atoms. The maximum atomic E-state index is 12.1. The highest BCUT2D eigenvalue weighted by atomic mass is 19.3. The zero-order chi connectivity index (χ0) is 13.7. The predicted octanol–water partition coefficient (Wildman–Crippen LogP) is 4.66. The van der Waals surface area contributed by atoms with Crippen LogP contribution >= 0.6 is 0 Å². The Morgan fingerprint density at radius 3 is 2.63 bits per heavy atom. The van der Waals surface area contributed by atoms with Gasteiger partial charge in [-0.05, 0) is 49.9 Å². The smallest absolute Gasteiger partial charge is 0.387 e. The van der Waals surface area contributed by atoms with Gasteiger partial charge in [-0.2, -0.15) is 8.78 Å². The third-order valence-electron chi connectivity index (χ3n) is 3.07. The van der Waals surface area contributed by atoms with Crippen molar-refractivity contribution < 1.29 is 13.5 Å². The van der Waals surface area contributed by atoms with E-state index in [0.29, 0.717) is 0 Å². The van der Waals surface area contributed by atoms with Crippen LogP contribution in [0.4, 0.5) is 8.78 Å². The minimum absolute atomic E-state index is 0.174. The third kappa shape index (κ3) is 3.88. The van der Waals surface area contributed by atoms with Crippen LogP contribution in [0.5, 0.6) is 5.75 Å². The number of aliphatic imine (C=N–C) groups is 1. The van der Waals surface area contributed by atoms with Crippen LogP contribution in [-0.2, 0) is 0 Å². The Balaban J connectivity index is 2.18. The maximum Gasteiger partial charge on any atom is 0.387 e. The Kier molecular flexibility index (Phi) is 4.66. The number of ether oxygens (including phenoxy) is 1. The molecule has 0 aliphatic carbocycles. The van der Waals surface area contributed by atoms with E-state index < -0.39 is 6.61 Å². The van der Waals surface area contributed by atoms with Gasteiger partial charge in [-0.1, -0.05) is 13.0 Å². The number of alkyl halides is 2. The SMILES string of the molecule is CCC1=NC(c2ccc(OC(F)F)cc2)=CCCC1. The van der Waals surface area contributed by atoms with E-state index in [-0.39, 0.29) is 5.75 Å². The van der Waals surface area contributed by atoms with Gasteiger partial charge in [0.25, 0.3) is 0 Å². The second-order valence-corrected chi connectivity index (χ2v) is 4.42. The number of hydrogen-bond donors (Lipinski definition) is 0. The topological polar surface area (TPSA) is 21.6 Å². The summed E-state index contributed by atoms with van der Waals surface area (Å²) in [5.74, 6) is 0.174. The summed E-state index contributed by atoms with van der Waals surface area (Å²) < 4.78 is 28.5. The zero-order valence-corrected chi connectivity index (χ0v) is 10.9. The fraction of sp³-hybridized carbons (Fsp3) is 0.400. The Labute approximate surface area is 111 Å². The quantitative estimate of drug-likeness (QED) is 0.775. The fourth-order valence-corrected chi connectivity index (χ4v) is 2.06. The summed E-state index contributed by atoms with van der Waals surface area (Å²) in [6.07, 6.45) is 6.19. The van der Waals surface area contributed by atoms with Gasteiger partial charge in [-0.15, -0.1) is 0 Å². The fourth-order valence-electron chi connectivity index (χ4n) is 2.06. The lowest BCUT2D eigenvalue weighted by atomic mass is 10.1. The predicted molar refractivity (Wildman–Crippen MR) is 72.6 cm³/mol. The first-order valence-corrected chi connectivity index (χ1v) is 6.51. The van der Waals surface area contributed by atoms with E-state index in [9.17, 15) is 8.78 Å². The van der Waals surface area contributed by atoms with Crippen molar-refractivity contribution in [1.82, 2.24) is 0 Å². The molecule has 1 heterocycles. The molecule has 1 aliphatic rings. The van der Waals surface area contributed by atoms with Crippen LogP contribution in [0, 0.1) is 0 Å². The van der Waals surface area contributed by atoms with Gasteiger partial charge in [0.2, 0.25) is 0 Å². The van der Waals surface area contributed by atoms with E-state index >= 15 is 0 Å². The van der Waals surface area contributed by atoms with E-state index in [1.807, 2.05) is 0 Å².